The second kappa shape index (κ2) is 6.31. The van der Waals surface area contributed by atoms with Gasteiger partial charge >= 0.3 is 11.8 Å². The van der Waals surface area contributed by atoms with Crippen LogP contribution in [0.25, 0.3) is 0 Å². The van der Waals surface area contributed by atoms with Crippen molar-refractivity contribution >= 4 is 29.1 Å². The fourth-order valence-corrected chi connectivity index (χ4v) is 1.63. The van der Waals surface area contributed by atoms with E-state index in [4.69, 9.17) is 16.1 Å². The third-order valence-electron chi connectivity index (χ3n) is 2.36. The van der Waals surface area contributed by atoms with Gasteiger partial charge in [0.2, 0.25) is 5.89 Å². The van der Waals surface area contributed by atoms with Crippen molar-refractivity contribution in [1.82, 2.24) is 15.5 Å². The SMILES string of the molecule is Cc1noc(CNC(=O)C(=O)Nc2ccc(F)cc2Cl)n1. The number of rotatable bonds is 3. The topological polar surface area (TPSA) is 97.1 Å². The molecule has 0 saturated carbocycles. The molecule has 0 radical (unpaired) electrons. The van der Waals surface area contributed by atoms with E-state index in [1.54, 1.807) is 6.92 Å². The molecule has 0 spiro atoms. The van der Waals surface area contributed by atoms with Crippen LogP contribution in [-0.4, -0.2) is 22.0 Å². The minimum atomic E-state index is -0.945. The van der Waals surface area contributed by atoms with Gasteiger partial charge in [-0.15, -0.1) is 0 Å². The summed E-state index contributed by atoms with van der Waals surface area (Å²) in [4.78, 5) is 27.1. The molecule has 110 valence electrons. The smallest absolute Gasteiger partial charge is 0.313 e. The quantitative estimate of drug-likeness (QED) is 0.836. The number of nitrogens with one attached hydrogen (secondary N) is 2. The lowest BCUT2D eigenvalue weighted by atomic mass is 10.3. The standard InChI is InChI=1S/C12H10ClFN4O3/c1-6-16-10(21-18-6)5-15-11(19)12(20)17-9-3-2-7(14)4-8(9)13/h2-4H,5H2,1H3,(H,15,19)(H,17,20). The number of carbonyl (C=O) groups is 2. The lowest BCUT2D eigenvalue weighted by Crippen LogP contribution is -2.35. The summed E-state index contributed by atoms with van der Waals surface area (Å²) >= 11 is 5.73. The Labute approximate surface area is 123 Å². The molecule has 0 aliphatic carbocycles. The lowest BCUT2D eigenvalue weighted by Gasteiger charge is -2.06. The number of benzene rings is 1. The number of hydrogen-bond acceptors (Lipinski definition) is 5. The highest BCUT2D eigenvalue weighted by Crippen LogP contribution is 2.22. The van der Waals surface area contributed by atoms with Crippen molar-refractivity contribution in [2.45, 2.75) is 13.5 Å². The van der Waals surface area contributed by atoms with E-state index in [1.165, 1.54) is 6.07 Å². The van der Waals surface area contributed by atoms with Gasteiger partial charge in [-0.25, -0.2) is 4.39 Å². The van der Waals surface area contributed by atoms with Gasteiger partial charge in [-0.2, -0.15) is 4.98 Å². The average Bonchev–Trinajstić information content (AvgIpc) is 2.85. The maximum atomic E-state index is 12.9. The molecule has 0 aliphatic heterocycles. The monoisotopic (exact) mass is 312 g/mol. The van der Waals surface area contributed by atoms with E-state index < -0.39 is 17.6 Å². The maximum Gasteiger partial charge on any atom is 0.313 e. The van der Waals surface area contributed by atoms with Gasteiger partial charge in [0, 0.05) is 0 Å². The summed E-state index contributed by atoms with van der Waals surface area (Å²) < 4.78 is 17.6. The third kappa shape index (κ3) is 3.99. The number of hydrogen-bond donors (Lipinski definition) is 2. The van der Waals surface area contributed by atoms with Crippen LogP contribution in [0.15, 0.2) is 22.7 Å². The van der Waals surface area contributed by atoms with Gasteiger partial charge in [0.1, 0.15) is 5.82 Å². The van der Waals surface area contributed by atoms with Crippen LogP contribution in [0.2, 0.25) is 5.02 Å². The van der Waals surface area contributed by atoms with Crippen LogP contribution in [0.1, 0.15) is 11.7 Å². The van der Waals surface area contributed by atoms with Gasteiger partial charge in [0.25, 0.3) is 0 Å². The van der Waals surface area contributed by atoms with Gasteiger partial charge in [-0.3, -0.25) is 9.59 Å². The molecule has 2 aromatic rings. The molecule has 0 fully saturated rings. The van der Waals surface area contributed by atoms with Crippen molar-refractivity contribution < 1.29 is 18.5 Å². The molecule has 1 aromatic heterocycles. The summed E-state index contributed by atoms with van der Waals surface area (Å²) in [5.74, 6) is -1.81. The third-order valence-corrected chi connectivity index (χ3v) is 2.67. The molecular formula is C12H10ClFN4O3. The Balaban J connectivity index is 1.91. The van der Waals surface area contributed by atoms with Gasteiger partial charge < -0.3 is 15.2 Å². The summed E-state index contributed by atoms with van der Waals surface area (Å²) in [6.45, 7) is 1.54. The molecule has 0 saturated heterocycles. The summed E-state index contributed by atoms with van der Waals surface area (Å²) in [5, 5.41) is 8.09. The van der Waals surface area contributed by atoms with Crippen LogP contribution in [0.4, 0.5) is 10.1 Å². The first-order valence-corrected chi connectivity index (χ1v) is 6.17. The minimum Gasteiger partial charge on any atom is -0.339 e. The van der Waals surface area contributed by atoms with E-state index in [2.05, 4.69) is 20.8 Å². The molecule has 2 rings (SSSR count). The fraction of sp³-hybridized carbons (Fsp3) is 0.167. The first kappa shape index (κ1) is 14.9. The first-order chi connectivity index (χ1) is 9.95. The van der Waals surface area contributed by atoms with Crippen LogP contribution in [0, 0.1) is 12.7 Å². The van der Waals surface area contributed by atoms with Crippen LogP contribution in [0.3, 0.4) is 0 Å². The number of anilines is 1. The Hall–Kier alpha value is -2.48. The Morgan fingerprint density at radius 1 is 1.38 bits per heavy atom. The fourth-order valence-electron chi connectivity index (χ4n) is 1.42. The van der Waals surface area contributed by atoms with E-state index in [-0.39, 0.29) is 23.1 Å². The predicted octanol–water partition coefficient (Wildman–Crippen LogP) is 1.43. The van der Waals surface area contributed by atoms with Crippen LogP contribution in [-0.2, 0) is 16.1 Å². The highest BCUT2D eigenvalue weighted by atomic mass is 35.5. The van der Waals surface area contributed by atoms with Crippen molar-refractivity contribution in [3.05, 3.63) is 40.8 Å². The number of amides is 2. The summed E-state index contributed by atoms with van der Waals surface area (Å²) in [5.41, 5.74) is 0.131. The second-order valence-electron chi connectivity index (χ2n) is 4.00. The Morgan fingerprint density at radius 3 is 2.76 bits per heavy atom. The Kier molecular flexibility index (Phi) is 4.49. The number of halogens is 2. The predicted molar refractivity (Wildman–Crippen MR) is 70.9 cm³/mol. The molecule has 0 unspecified atom stereocenters. The normalized spacial score (nSPS) is 10.2. The molecular weight excluding hydrogens is 303 g/mol. The van der Waals surface area contributed by atoms with E-state index in [0.717, 1.165) is 12.1 Å². The second-order valence-corrected chi connectivity index (χ2v) is 4.40. The Morgan fingerprint density at radius 2 is 2.14 bits per heavy atom. The van der Waals surface area contributed by atoms with E-state index in [9.17, 15) is 14.0 Å². The average molecular weight is 313 g/mol. The van der Waals surface area contributed by atoms with E-state index in [0.29, 0.717) is 5.82 Å². The first-order valence-electron chi connectivity index (χ1n) is 5.79. The van der Waals surface area contributed by atoms with Crippen LogP contribution in [0.5, 0.6) is 0 Å². The van der Waals surface area contributed by atoms with Crippen molar-refractivity contribution in [2.24, 2.45) is 0 Å². The summed E-state index contributed by atoms with van der Waals surface area (Å²) in [6, 6.07) is 3.39. The van der Waals surface area contributed by atoms with Crippen molar-refractivity contribution in [3.63, 3.8) is 0 Å². The minimum absolute atomic E-state index is 0.0105. The molecule has 0 bridgehead atoms. The van der Waals surface area contributed by atoms with Crippen LogP contribution < -0.4 is 10.6 Å². The van der Waals surface area contributed by atoms with Gasteiger partial charge in [0.05, 0.1) is 17.3 Å². The zero-order chi connectivity index (χ0) is 15.4. The molecule has 0 aliphatic rings. The van der Waals surface area contributed by atoms with Gasteiger partial charge in [-0.1, -0.05) is 16.8 Å². The maximum absolute atomic E-state index is 12.9. The Bertz CT molecular complexity index is 689. The lowest BCUT2D eigenvalue weighted by molar-refractivity contribution is -0.136. The number of carbonyl (C=O) groups excluding carboxylic acids is 2. The molecule has 21 heavy (non-hydrogen) atoms. The molecule has 7 nitrogen and oxygen atoms in total. The van der Waals surface area contributed by atoms with E-state index in [1.807, 2.05) is 0 Å². The van der Waals surface area contributed by atoms with E-state index >= 15 is 0 Å². The number of aryl methyl sites for hydroxylation is 1. The molecule has 1 heterocycles. The van der Waals surface area contributed by atoms with Crippen LogP contribution >= 0.6 is 11.6 Å². The number of aromatic nitrogens is 2. The van der Waals surface area contributed by atoms with Gasteiger partial charge in [-0.05, 0) is 25.1 Å². The number of nitrogens with zero attached hydrogens (tertiary/aromatic N) is 2. The molecule has 9 heteroatoms. The van der Waals surface area contributed by atoms with Crippen molar-refractivity contribution in [3.8, 4) is 0 Å². The molecule has 2 N–H and O–H groups in total. The molecule has 0 atom stereocenters. The molecule has 2 amide bonds. The summed E-state index contributed by atoms with van der Waals surface area (Å²) in [7, 11) is 0. The largest absolute Gasteiger partial charge is 0.339 e. The highest BCUT2D eigenvalue weighted by molar-refractivity contribution is 6.41. The zero-order valence-electron chi connectivity index (χ0n) is 10.8. The zero-order valence-corrected chi connectivity index (χ0v) is 11.6. The van der Waals surface area contributed by atoms with Crippen molar-refractivity contribution in [2.75, 3.05) is 5.32 Å². The molecule has 1 aromatic carbocycles. The van der Waals surface area contributed by atoms with Gasteiger partial charge in [0.15, 0.2) is 5.82 Å². The highest BCUT2D eigenvalue weighted by Gasteiger charge is 2.16. The van der Waals surface area contributed by atoms with Crippen molar-refractivity contribution in [1.29, 1.82) is 0 Å². The summed E-state index contributed by atoms with van der Waals surface area (Å²) in [6.07, 6.45) is 0.